The molecule has 0 radical (unpaired) electrons. The summed E-state index contributed by atoms with van der Waals surface area (Å²) in [6, 6.07) is 4.72. The number of aromatic nitrogens is 1. The topological polar surface area (TPSA) is 101 Å². The van der Waals surface area contributed by atoms with Crippen molar-refractivity contribution in [2.75, 3.05) is 11.9 Å². The van der Waals surface area contributed by atoms with Gasteiger partial charge in [-0.15, -0.1) is 11.3 Å². The Morgan fingerprint density at radius 1 is 1.33 bits per heavy atom. The molecule has 9 heteroatoms. The zero-order valence-corrected chi connectivity index (χ0v) is 15.0. The van der Waals surface area contributed by atoms with E-state index in [-0.39, 0.29) is 24.5 Å². The zero-order valence-electron chi connectivity index (χ0n) is 14.2. The Hall–Kier alpha value is -2.62. The molecule has 0 saturated heterocycles. The molecule has 1 aliphatic rings. The standard InChI is InChI=1S/C18H18FN3O4S/c19-12-3-1-2-11(8-12)17(25)21-14-5-4-13(26-15(14)10-23)9-16(24)22-18-20-6-7-27-18/h1-8,13-15,23H,9-10H2,(H,21,25)(H,20,22,24)/t13-,14+,15-/m1/s1. The molecule has 0 unspecified atom stereocenters. The molecule has 1 aromatic carbocycles. The Kier molecular flexibility index (Phi) is 6.28. The fraction of sp³-hybridized carbons (Fsp3) is 0.278. The minimum atomic E-state index is -0.717. The lowest BCUT2D eigenvalue weighted by atomic mass is 10.0. The van der Waals surface area contributed by atoms with Crippen LogP contribution in [0.4, 0.5) is 9.52 Å². The van der Waals surface area contributed by atoms with E-state index in [1.165, 1.54) is 29.5 Å². The molecule has 3 N–H and O–H groups in total. The number of aliphatic hydroxyl groups excluding tert-OH is 1. The molecule has 0 fully saturated rings. The van der Waals surface area contributed by atoms with E-state index in [4.69, 9.17) is 4.74 Å². The van der Waals surface area contributed by atoms with Crippen LogP contribution in [-0.2, 0) is 9.53 Å². The normalized spacial score (nSPS) is 21.6. The second-order valence-corrected chi connectivity index (χ2v) is 6.77. The van der Waals surface area contributed by atoms with Gasteiger partial charge in [0.1, 0.15) is 11.9 Å². The third-order valence-electron chi connectivity index (χ3n) is 3.91. The highest BCUT2D eigenvalue weighted by Crippen LogP contribution is 2.18. The molecular weight excluding hydrogens is 373 g/mol. The first kappa shape index (κ1) is 19.2. The van der Waals surface area contributed by atoms with Crippen LogP contribution in [0.15, 0.2) is 48.0 Å². The molecular formula is C18H18FN3O4S. The lowest BCUT2D eigenvalue weighted by molar-refractivity contribution is -0.120. The van der Waals surface area contributed by atoms with Crippen LogP contribution in [0.2, 0.25) is 0 Å². The monoisotopic (exact) mass is 391 g/mol. The summed E-state index contributed by atoms with van der Waals surface area (Å²) in [6.07, 6.45) is 3.71. The van der Waals surface area contributed by atoms with Crippen molar-refractivity contribution >= 4 is 28.3 Å². The van der Waals surface area contributed by atoms with Crippen LogP contribution in [0.25, 0.3) is 0 Å². The van der Waals surface area contributed by atoms with Gasteiger partial charge < -0.3 is 20.5 Å². The van der Waals surface area contributed by atoms with Crippen LogP contribution in [0.5, 0.6) is 0 Å². The smallest absolute Gasteiger partial charge is 0.251 e. The maximum absolute atomic E-state index is 13.3. The quantitative estimate of drug-likeness (QED) is 0.651. The molecule has 7 nitrogen and oxygen atoms in total. The van der Waals surface area contributed by atoms with Crippen molar-refractivity contribution in [3.8, 4) is 0 Å². The molecule has 3 atom stereocenters. The summed E-state index contributed by atoms with van der Waals surface area (Å²) in [4.78, 5) is 28.2. The van der Waals surface area contributed by atoms with Crippen LogP contribution in [0.1, 0.15) is 16.8 Å². The number of halogens is 1. The van der Waals surface area contributed by atoms with Gasteiger partial charge in [-0.25, -0.2) is 9.37 Å². The number of nitrogens with one attached hydrogen (secondary N) is 2. The molecule has 142 valence electrons. The third-order valence-corrected chi connectivity index (χ3v) is 4.60. The number of ether oxygens (including phenoxy) is 1. The molecule has 0 spiro atoms. The fourth-order valence-corrected chi connectivity index (χ4v) is 3.18. The maximum atomic E-state index is 13.3. The molecule has 1 aromatic heterocycles. The Labute approximate surface area is 158 Å². The number of carbonyl (C=O) groups is 2. The second kappa shape index (κ2) is 8.85. The van der Waals surface area contributed by atoms with Crippen molar-refractivity contribution < 1.29 is 23.8 Å². The van der Waals surface area contributed by atoms with E-state index in [0.29, 0.717) is 5.13 Å². The van der Waals surface area contributed by atoms with E-state index in [2.05, 4.69) is 15.6 Å². The number of benzene rings is 1. The highest BCUT2D eigenvalue weighted by atomic mass is 32.1. The Morgan fingerprint density at radius 2 is 2.19 bits per heavy atom. The minimum absolute atomic E-state index is 0.0527. The predicted octanol–water partition coefficient (Wildman–Crippen LogP) is 1.73. The molecule has 1 aliphatic heterocycles. The third kappa shape index (κ3) is 5.19. The molecule has 27 heavy (non-hydrogen) atoms. The molecule has 3 rings (SSSR count). The lowest BCUT2D eigenvalue weighted by Gasteiger charge is -2.31. The fourth-order valence-electron chi connectivity index (χ4n) is 2.64. The first-order valence-electron chi connectivity index (χ1n) is 8.25. The van der Waals surface area contributed by atoms with Crippen LogP contribution >= 0.6 is 11.3 Å². The van der Waals surface area contributed by atoms with E-state index in [9.17, 15) is 19.1 Å². The van der Waals surface area contributed by atoms with E-state index in [1.807, 2.05) is 0 Å². The van der Waals surface area contributed by atoms with E-state index >= 15 is 0 Å². The molecule has 2 amide bonds. The number of amides is 2. The van der Waals surface area contributed by atoms with E-state index in [1.54, 1.807) is 23.7 Å². The van der Waals surface area contributed by atoms with Crippen LogP contribution < -0.4 is 10.6 Å². The highest BCUT2D eigenvalue weighted by Gasteiger charge is 2.29. The number of hydrogen-bond acceptors (Lipinski definition) is 6. The summed E-state index contributed by atoms with van der Waals surface area (Å²) in [5.74, 6) is -1.26. The highest BCUT2D eigenvalue weighted by molar-refractivity contribution is 7.13. The van der Waals surface area contributed by atoms with Gasteiger partial charge in [-0.05, 0) is 18.2 Å². The number of hydrogen-bond donors (Lipinski definition) is 3. The lowest BCUT2D eigenvalue weighted by Crippen LogP contribution is -2.48. The number of aliphatic hydroxyl groups is 1. The van der Waals surface area contributed by atoms with Crippen molar-refractivity contribution in [1.82, 2.24) is 10.3 Å². The minimum Gasteiger partial charge on any atom is -0.394 e. The van der Waals surface area contributed by atoms with Crippen LogP contribution in [0, 0.1) is 5.82 Å². The van der Waals surface area contributed by atoms with Crippen LogP contribution in [0.3, 0.4) is 0 Å². The average Bonchev–Trinajstić information content (AvgIpc) is 3.15. The Bertz CT molecular complexity index is 828. The predicted molar refractivity (Wildman–Crippen MR) is 97.9 cm³/mol. The van der Waals surface area contributed by atoms with Crippen molar-refractivity contribution in [2.45, 2.75) is 24.7 Å². The summed E-state index contributed by atoms with van der Waals surface area (Å²) in [7, 11) is 0. The summed E-state index contributed by atoms with van der Waals surface area (Å²) >= 11 is 1.31. The molecule has 2 aromatic rings. The maximum Gasteiger partial charge on any atom is 0.251 e. The van der Waals surface area contributed by atoms with Crippen molar-refractivity contribution in [2.24, 2.45) is 0 Å². The Balaban J connectivity index is 1.59. The van der Waals surface area contributed by atoms with Gasteiger partial charge in [-0.1, -0.05) is 18.2 Å². The van der Waals surface area contributed by atoms with E-state index in [0.717, 1.165) is 6.07 Å². The first-order chi connectivity index (χ1) is 13.0. The van der Waals surface area contributed by atoms with E-state index < -0.39 is 30.0 Å². The molecule has 0 aliphatic carbocycles. The first-order valence-corrected chi connectivity index (χ1v) is 9.13. The summed E-state index contributed by atoms with van der Waals surface area (Å²) in [5.41, 5.74) is 0.171. The molecule has 0 saturated carbocycles. The molecule has 0 bridgehead atoms. The summed E-state index contributed by atoms with van der Waals surface area (Å²) < 4.78 is 19.0. The van der Waals surface area contributed by atoms with Gasteiger partial charge in [0, 0.05) is 17.1 Å². The largest absolute Gasteiger partial charge is 0.394 e. The summed E-state index contributed by atoms with van der Waals surface area (Å²) in [5, 5.41) is 17.2. The van der Waals surface area contributed by atoms with Gasteiger partial charge >= 0.3 is 0 Å². The van der Waals surface area contributed by atoms with Gasteiger partial charge in [0.05, 0.1) is 25.2 Å². The van der Waals surface area contributed by atoms with Crippen molar-refractivity contribution in [3.63, 3.8) is 0 Å². The van der Waals surface area contributed by atoms with Crippen LogP contribution in [-0.4, -0.2) is 46.8 Å². The number of thiazole rings is 1. The van der Waals surface area contributed by atoms with Gasteiger partial charge in [-0.3, -0.25) is 9.59 Å². The zero-order chi connectivity index (χ0) is 19.2. The van der Waals surface area contributed by atoms with Gasteiger partial charge in [0.2, 0.25) is 5.91 Å². The SMILES string of the molecule is O=C(C[C@H]1C=C[C@H](NC(=O)c2cccc(F)c2)[C@@H](CO)O1)Nc1nccs1. The molecule has 2 heterocycles. The van der Waals surface area contributed by atoms with Gasteiger partial charge in [0.15, 0.2) is 5.13 Å². The second-order valence-electron chi connectivity index (χ2n) is 5.88. The number of carbonyl (C=O) groups excluding carboxylic acids is 2. The number of anilines is 1. The van der Waals surface area contributed by atoms with Gasteiger partial charge in [0.25, 0.3) is 5.91 Å². The van der Waals surface area contributed by atoms with Gasteiger partial charge in [-0.2, -0.15) is 0 Å². The number of nitrogens with zero attached hydrogens (tertiary/aromatic N) is 1. The average molecular weight is 391 g/mol. The Morgan fingerprint density at radius 3 is 2.89 bits per heavy atom. The van der Waals surface area contributed by atoms with Crippen molar-refractivity contribution in [3.05, 3.63) is 59.4 Å². The summed E-state index contributed by atoms with van der Waals surface area (Å²) in [6.45, 7) is -0.344. The van der Waals surface area contributed by atoms with Crippen molar-refractivity contribution in [1.29, 1.82) is 0 Å². The number of rotatable bonds is 6.